The summed E-state index contributed by atoms with van der Waals surface area (Å²) in [4.78, 5) is 4.25. The molecule has 0 bridgehead atoms. The van der Waals surface area contributed by atoms with Crippen LogP contribution in [0.2, 0.25) is 0 Å². The van der Waals surface area contributed by atoms with Crippen LogP contribution in [0.4, 0.5) is 0 Å². The van der Waals surface area contributed by atoms with Gasteiger partial charge in [0, 0.05) is 12.7 Å². The molecule has 1 unspecified atom stereocenters. The number of nitrogens with two attached hydrogens (primary N) is 1. The maximum absolute atomic E-state index is 11.1. The van der Waals surface area contributed by atoms with Gasteiger partial charge in [0.2, 0.25) is 5.89 Å². The molecule has 1 heterocycles. The molecular formula is C14H19N3O3S. The minimum absolute atomic E-state index is 0.00364. The minimum Gasteiger partial charge on any atom is -0.338 e. The molecule has 2 rings (SSSR count). The fraction of sp³-hybridized carbons (Fsp3) is 0.429. The molecule has 21 heavy (non-hydrogen) atoms. The van der Waals surface area contributed by atoms with Gasteiger partial charge in [0.25, 0.3) is 0 Å². The van der Waals surface area contributed by atoms with Crippen molar-refractivity contribution in [2.24, 2.45) is 5.73 Å². The lowest BCUT2D eigenvalue weighted by molar-refractivity contribution is 0.349. The van der Waals surface area contributed by atoms with E-state index in [4.69, 9.17) is 10.3 Å². The SMILES string of the molecule is Cc1ccccc1Cc1noc(C(N)CCS(C)(=O)=O)n1. The topological polar surface area (TPSA) is 99.1 Å². The van der Waals surface area contributed by atoms with E-state index in [0.29, 0.717) is 12.2 Å². The van der Waals surface area contributed by atoms with Crippen LogP contribution in [0.1, 0.15) is 35.3 Å². The average molecular weight is 309 g/mol. The molecule has 1 atom stereocenters. The largest absolute Gasteiger partial charge is 0.338 e. The molecule has 1 aromatic carbocycles. The van der Waals surface area contributed by atoms with Gasteiger partial charge in [0.15, 0.2) is 5.82 Å². The van der Waals surface area contributed by atoms with Gasteiger partial charge in [-0.1, -0.05) is 29.4 Å². The number of nitrogens with zero attached hydrogens (tertiary/aromatic N) is 2. The predicted molar refractivity (Wildman–Crippen MR) is 79.5 cm³/mol. The number of rotatable bonds is 6. The first-order valence-electron chi connectivity index (χ1n) is 6.65. The smallest absolute Gasteiger partial charge is 0.243 e. The molecule has 2 aromatic rings. The van der Waals surface area contributed by atoms with Crippen LogP contribution in [0.25, 0.3) is 0 Å². The van der Waals surface area contributed by atoms with Crippen LogP contribution in [0, 0.1) is 6.92 Å². The van der Waals surface area contributed by atoms with Crippen LogP contribution in [0.5, 0.6) is 0 Å². The van der Waals surface area contributed by atoms with Crippen LogP contribution in [0.15, 0.2) is 28.8 Å². The summed E-state index contributed by atoms with van der Waals surface area (Å²) in [7, 11) is -3.04. The third-order valence-electron chi connectivity index (χ3n) is 3.21. The number of benzene rings is 1. The van der Waals surface area contributed by atoms with Crippen LogP contribution in [-0.2, 0) is 16.3 Å². The normalized spacial score (nSPS) is 13.3. The zero-order chi connectivity index (χ0) is 15.5. The summed E-state index contributed by atoms with van der Waals surface area (Å²) in [5.41, 5.74) is 8.16. The second-order valence-electron chi connectivity index (χ2n) is 5.18. The van der Waals surface area contributed by atoms with E-state index >= 15 is 0 Å². The molecule has 0 amide bonds. The van der Waals surface area contributed by atoms with Gasteiger partial charge in [-0.25, -0.2) is 8.42 Å². The predicted octanol–water partition coefficient (Wildman–Crippen LogP) is 1.40. The summed E-state index contributed by atoms with van der Waals surface area (Å²) in [5.74, 6) is 0.834. The molecule has 0 radical (unpaired) electrons. The fourth-order valence-corrected chi connectivity index (χ4v) is 2.62. The molecule has 2 N–H and O–H groups in total. The van der Waals surface area contributed by atoms with E-state index in [9.17, 15) is 8.42 Å². The van der Waals surface area contributed by atoms with E-state index in [2.05, 4.69) is 10.1 Å². The van der Waals surface area contributed by atoms with Gasteiger partial charge in [0.05, 0.1) is 11.8 Å². The van der Waals surface area contributed by atoms with Gasteiger partial charge in [-0.2, -0.15) is 4.98 Å². The summed E-state index contributed by atoms with van der Waals surface area (Å²) in [6.07, 6.45) is 2.01. The Kier molecular flexibility index (Phi) is 4.74. The molecule has 0 saturated heterocycles. The third-order valence-corrected chi connectivity index (χ3v) is 4.19. The summed E-state index contributed by atoms with van der Waals surface area (Å²) < 4.78 is 27.4. The van der Waals surface area contributed by atoms with Crippen LogP contribution in [0.3, 0.4) is 0 Å². The van der Waals surface area contributed by atoms with Crippen molar-refractivity contribution in [2.75, 3.05) is 12.0 Å². The van der Waals surface area contributed by atoms with E-state index in [1.165, 1.54) is 6.26 Å². The van der Waals surface area contributed by atoms with Crippen molar-refractivity contribution < 1.29 is 12.9 Å². The highest BCUT2D eigenvalue weighted by atomic mass is 32.2. The van der Waals surface area contributed by atoms with E-state index in [0.717, 1.165) is 11.1 Å². The Labute approximate surface area is 124 Å². The first-order chi connectivity index (χ1) is 9.85. The van der Waals surface area contributed by atoms with E-state index in [1.54, 1.807) is 0 Å². The van der Waals surface area contributed by atoms with Crippen molar-refractivity contribution in [1.29, 1.82) is 0 Å². The first-order valence-corrected chi connectivity index (χ1v) is 8.71. The molecule has 0 saturated carbocycles. The molecule has 114 valence electrons. The Morgan fingerprint density at radius 3 is 2.71 bits per heavy atom. The Bertz CT molecular complexity index is 710. The Morgan fingerprint density at radius 1 is 1.33 bits per heavy atom. The van der Waals surface area contributed by atoms with Crippen molar-refractivity contribution in [3.8, 4) is 0 Å². The average Bonchev–Trinajstić information content (AvgIpc) is 2.86. The van der Waals surface area contributed by atoms with Crippen molar-refractivity contribution >= 4 is 9.84 Å². The zero-order valence-electron chi connectivity index (χ0n) is 12.1. The maximum Gasteiger partial charge on any atom is 0.243 e. The fourth-order valence-electron chi connectivity index (χ4n) is 1.93. The third kappa shape index (κ3) is 4.64. The highest BCUT2D eigenvalue weighted by Gasteiger charge is 2.17. The lowest BCUT2D eigenvalue weighted by Gasteiger charge is -2.04. The lowest BCUT2D eigenvalue weighted by Crippen LogP contribution is -2.16. The monoisotopic (exact) mass is 309 g/mol. The van der Waals surface area contributed by atoms with Gasteiger partial charge < -0.3 is 10.3 Å². The summed E-state index contributed by atoms with van der Waals surface area (Å²) in [6.45, 7) is 2.02. The second kappa shape index (κ2) is 6.36. The minimum atomic E-state index is -3.04. The second-order valence-corrected chi connectivity index (χ2v) is 7.44. The molecule has 0 aliphatic carbocycles. The molecule has 6 nitrogen and oxygen atoms in total. The van der Waals surface area contributed by atoms with Crippen molar-refractivity contribution in [1.82, 2.24) is 10.1 Å². The van der Waals surface area contributed by atoms with Crippen LogP contribution >= 0.6 is 0 Å². The summed E-state index contributed by atoms with van der Waals surface area (Å²) in [6, 6.07) is 7.41. The number of aryl methyl sites for hydroxylation is 1. The molecule has 0 spiro atoms. The number of aromatic nitrogens is 2. The van der Waals surface area contributed by atoms with Gasteiger partial charge in [-0.15, -0.1) is 0 Å². The Balaban J connectivity index is 2.03. The lowest BCUT2D eigenvalue weighted by atomic mass is 10.1. The highest BCUT2D eigenvalue weighted by Crippen LogP contribution is 2.15. The van der Waals surface area contributed by atoms with E-state index < -0.39 is 15.9 Å². The van der Waals surface area contributed by atoms with Crippen molar-refractivity contribution in [3.63, 3.8) is 0 Å². The molecule has 0 fully saturated rings. The van der Waals surface area contributed by atoms with Crippen molar-refractivity contribution in [2.45, 2.75) is 25.8 Å². The molecular weight excluding hydrogens is 290 g/mol. The van der Waals surface area contributed by atoms with Gasteiger partial charge in [0.1, 0.15) is 9.84 Å². The maximum atomic E-state index is 11.1. The van der Waals surface area contributed by atoms with Crippen LogP contribution in [-0.4, -0.2) is 30.6 Å². The molecule has 0 aliphatic heterocycles. The molecule has 0 aliphatic rings. The number of hydrogen-bond acceptors (Lipinski definition) is 6. The number of sulfone groups is 1. The zero-order valence-corrected chi connectivity index (χ0v) is 12.9. The number of hydrogen-bond donors (Lipinski definition) is 1. The summed E-state index contributed by atoms with van der Waals surface area (Å²) >= 11 is 0. The summed E-state index contributed by atoms with van der Waals surface area (Å²) in [5, 5.41) is 3.90. The highest BCUT2D eigenvalue weighted by molar-refractivity contribution is 7.90. The van der Waals surface area contributed by atoms with E-state index in [-0.39, 0.29) is 18.1 Å². The van der Waals surface area contributed by atoms with Crippen LogP contribution < -0.4 is 5.73 Å². The quantitative estimate of drug-likeness (QED) is 0.866. The Hall–Kier alpha value is -1.73. The van der Waals surface area contributed by atoms with Gasteiger partial charge in [-0.05, 0) is 24.5 Å². The first kappa shape index (κ1) is 15.7. The van der Waals surface area contributed by atoms with Gasteiger partial charge >= 0.3 is 0 Å². The van der Waals surface area contributed by atoms with Crippen molar-refractivity contribution in [3.05, 3.63) is 47.1 Å². The van der Waals surface area contributed by atoms with E-state index in [1.807, 2.05) is 31.2 Å². The van der Waals surface area contributed by atoms with Gasteiger partial charge in [-0.3, -0.25) is 0 Å². The molecule has 7 heteroatoms. The Morgan fingerprint density at radius 2 is 2.05 bits per heavy atom. The standard InChI is InChI=1S/C14H19N3O3S/c1-10-5-3-4-6-11(10)9-13-16-14(20-17-13)12(15)7-8-21(2,18)19/h3-6,12H,7-9,15H2,1-2H3. The molecule has 1 aromatic heterocycles.